The van der Waals surface area contributed by atoms with Crippen molar-refractivity contribution in [3.8, 4) is 0 Å². The van der Waals surface area contributed by atoms with Gasteiger partial charge in [0.2, 0.25) is 0 Å². The summed E-state index contributed by atoms with van der Waals surface area (Å²) in [7, 11) is 0. The molecule has 0 amide bonds. The molecule has 1 saturated heterocycles. The van der Waals surface area contributed by atoms with Gasteiger partial charge in [0.25, 0.3) is 0 Å². The number of hydrogen-bond acceptors (Lipinski definition) is 2. The molecule has 0 aromatic carbocycles. The Balaban J connectivity index is 2.22. The van der Waals surface area contributed by atoms with Crippen LogP contribution in [-0.2, 0) is 9.78 Å². The number of hydrogen-bond donors (Lipinski definition) is 0. The summed E-state index contributed by atoms with van der Waals surface area (Å²) in [6.07, 6.45) is 2.58. The highest BCUT2D eigenvalue weighted by Gasteiger charge is 2.37. The highest BCUT2D eigenvalue weighted by molar-refractivity contribution is 5.12. The van der Waals surface area contributed by atoms with Gasteiger partial charge >= 0.3 is 0 Å². The van der Waals surface area contributed by atoms with Crippen molar-refractivity contribution in [2.24, 2.45) is 0 Å². The van der Waals surface area contributed by atoms with E-state index in [-0.39, 0.29) is 6.10 Å². The maximum Gasteiger partial charge on any atom is 0.116 e. The zero-order chi connectivity index (χ0) is 5.56. The fourth-order valence-corrected chi connectivity index (χ4v) is 1.24. The molecular formula is C6H8O2. The van der Waals surface area contributed by atoms with E-state index in [0.717, 1.165) is 12.8 Å². The van der Waals surface area contributed by atoms with Crippen LogP contribution in [0.3, 0.4) is 0 Å². The largest absolute Gasteiger partial charge is 0.232 e. The molecule has 0 N–H and O–H groups in total. The SMILES string of the molecule is C=C1C[C@H]2C[C@@H]1OO2. The van der Waals surface area contributed by atoms with Crippen LogP contribution in [0, 0.1) is 0 Å². The van der Waals surface area contributed by atoms with Crippen LogP contribution < -0.4 is 0 Å². The summed E-state index contributed by atoms with van der Waals surface area (Å²) in [6.45, 7) is 3.83. The molecule has 2 aliphatic rings. The maximum absolute atomic E-state index is 4.86. The maximum atomic E-state index is 4.86. The van der Waals surface area contributed by atoms with Gasteiger partial charge in [-0.2, -0.15) is 0 Å². The molecule has 2 heteroatoms. The predicted octanol–water partition coefficient (Wildman–Crippen LogP) is 1.04. The molecule has 0 aromatic rings. The molecule has 0 aromatic heterocycles. The van der Waals surface area contributed by atoms with Crippen molar-refractivity contribution in [2.45, 2.75) is 25.0 Å². The third-order valence-electron chi connectivity index (χ3n) is 1.73. The first-order chi connectivity index (χ1) is 3.86. The van der Waals surface area contributed by atoms with Gasteiger partial charge < -0.3 is 0 Å². The molecule has 1 saturated carbocycles. The van der Waals surface area contributed by atoms with Crippen LogP contribution >= 0.6 is 0 Å². The topological polar surface area (TPSA) is 18.5 Å². The van der Waals surface area contributed by atoms with Crippen LogP contribution in [0.25, 0.3) is 0 Å². The van der Waals surface area contributed by atoms with Gasteiger partial charge in [-0.25, -0.2) is 9.78 Å². The van der Waals surface area contributed by atoms with Gasteiger partial charge in [0, 0.05) is 12.8 Å². The second kappa shape index (κ2) is 1.33. The molecule has 44 valence electrons. The van der Waals surface area contributed by atoms with E-state index in [9.17, 15) is 0 Å². The average Bonchev–Trinajstić information content (AvgIpc) is 2.23. The Kier molecular flexibility index (Phi) is 0.754. The summed E-state index contributed by atoms with van der Waals surface area (Å²) >= 11 is 0. The minimum atomic E-state index is 0.222. The number of rotatable bonds is 0. The fourth-order valence-electron chi connectivity index (χ4n) is 1.24. The van der Waals surface area contributed by atoms with E-state index in [2.05, 4.69) is 6.58 Å². The second-order valence-electron chi connectivity index (χ2n) is 2.40. The fraction of sp³-hybridized carbons (Fsp3) is 0.667. The Hall–Kier alpha value is -0.340. The summed E-state index contributed by atoms with van der Waals surface area (Å²) in [4.78, 5) is 9.73. The van der Waals surface area contributed by atoms with Gasteiger partial charge in [-0.3, -0.25) is 0 Å². The molecule has 0 radical (unpaired) electrons. The second-order valence-corrected chi connectivity index (χ2v) is 2.40. The smallest absolute Gasteiger partial charge is 0.116 e. The lowest BCUT2D eigenvalue weighted by Gasteiger charge is -2.10. The van der Waals surface area contributed by atoms with Crippen LogP contribution in [0.2, 0.25) is 0 Å². The van der Waals surface area contributed by atoms with Crippen molar-refractivity contribution in [1.29, 1.82) is 0 Å². The van der Waals surface area contributed by atoms with E-state index >= 15 is 0 Å². The summed E-state index contributed by atoms with van der Waals surface area (Å²) < 4.78 is 0. The van der Waals surface area contributed by atoms with Crippen molar-refractivity contribution in [3.63, 3.8) is 0 Å². The van der Waals surface area contributed by atoms with Crippen molar-refractivity contribution in [2.75, 3.05) is 0 Å². The lowest BCUT2D eigenvalue weighted by molar-refractivity contribution is -0.302. The quantitative estimate of drug-likeness (QED) is 0.344. The van der Waals surface area contributed by atoms with E-state index in [1.165, 1.54) is 5.57 Å². The lowest BCUT2D eigenvalue weighted by atomic mass is 10.2. The normalized spacial score (nSPS) is 43.8. The zero-order valence-electron chi connectivity index (χ0n) is 4.59. The van der Waals surface area contributed by atoms with Gasteiger partial charge in [0.15, 0.2) is 0 Å². The van der Waals surface area contributed by atoms with Gasteiger partial charge in [-0.15, -0.1) is 0 Å². The molecule has 1 heterocycles. The van der Waals surface area contributed by atoms with Crippen molar-refractivity contribution >= 4 is 0 Å². The molecule has 2 atom stereocenters. The lowest BCUT2D eigenvalue weighted by Crippen LogP contribution is -2.08. The van der Waals surface area contributed by atoms with Gasteiger partial charge in [-0.1, -0.05) is 6.58 Å². The average molecular weight is 112 g/mol. The molecule has 1 aliphatic carbocycles. The van der Waals surface area contributed by atoms with Gasteiger partial charge in [0.1, 0.15) is 6.10 Å². The predicted molar refractivity (Wildman–Crippen MR) is 28.1 cm³/mol. The van der Waals surface area contributed by atoms with Crippen LogP contribution in [-0.4, -0.2) is 12.2 Å². The molecule has 0 spiro atoms. The van der Waals surface area contributed by atoms with Gasteiger partial charge in [0.05, 0.1) is 6.10 Å². The first-order valence-electron chi connectivity index (χ1n) is 2.86. The van der Waals surface area contributed by atoms with Crippen LogP contribution in [0.15, 0.2) is 12.2 Å². The highest BCUT2D eigenvalue weighted by Crippen LogP contribution is 2.35. The Morgan fingerprint density at radius 1 is 1.50 bits per heavy atom. The first-order valence-corrected chi connectivity index (χ1v) is 2.86. The van der Waals surface area contributed by atoms with E-state index in [4.69, 9.17) is 9.78 Å². The summed E-state index contributed by atoms with van der Waals surface area (Å²) in [5, 5.41) is 0. The summed E-state index contributed by atoms with van der Waals surface area (Å²) in [5.74, 6) is 0. The Labute approximate surface area is 48.0 Å². The molecule has 1 aliphatic heterocycles. The monoisotopic (exact) mass is 112 g/mol. The molecule has 2 fully saturated rings. The van der Waals surface area contributed by atoms with Crippen LogP contribution in [0.1, 0.15) is 12.8 Å². The summed E-state index contributed by atoms with van der Waals surface area (Å²) in [6, 6.07) is 0. The van der Waals surface area contributed by atoms with Crippen molar-refractivity contribution in [1.82, 2.24) is 0 Å². The molecule has 2 bridgehead atoms. The molecule has 2 nitrogen and oxygen atoms in total. The molecule has 0 unspecified atom stereocenters. The van der Waals surface area contributed by atoms with Crippen molar-refractivity contribution in [3.05, 3.63) is 12.2 Å². The standard InChI is InChI=1S/C6H8O2/c1-4-2-5-3-6(4)8-7-5/h5-6H,1-3H2/t5-,6-/m0/s1. The first kappa shape index (κ1) is 4.53. The van der Waals surface area contributed by atoms with Crippen LogP contribution in [0.5, 0.6) is 0 Å². The third-order valence-corrected chi connectivity index (χ3v) is 1.73. The Bertz CT molecular complexity index is 130. The number of fused-ring (bicyclic) bond motifs is 2. The zero-order valence-corrected chi connectivity index (χ0v) is 4.59. The molecule has 8 heavy (non-hydrogen) atoms. The van der Waals surface area contributed by atoms with E-state index in [0.29, 0.717) is 6.10 Å². The van der Waals surface area contributed by atoms with E-state index < -0.39 is 0 Å². The minimum Gasteiger partial charge on any atom is -0.232 e. The molecule has 2 rings (SSSR count). The Morgan fingerprint density at radius 2 is 2.38 bits per heavy atom. The van der Waals surface area contributed by atoms with E-state index in [1.54, 1.807) is 0 Å². The third kappa shape index (κ3) is 0.443. The van der Waals surface area contributed by atoms with Gasteiger partial charge in [-0.05, 0) is 5.57 Å². The molecular weight excluding hydrogens is 104 g/mol. The van der Waals surface area contributed by atoms with Crippen LogP contribution in [0.4, 0.5) is 0 Å². The van der Waals surface area contributed by atoms with Crippen molar-refractivity contribution < 1.29 is 9.78 Å². The Morgan fingerprint density at radius 3 is 2.62 bits per heavy atom. The van der Waals surface area contributed by atoms with E-state index in [1.807, 2.05) is 0 Å². The highest BCUT2D eigenvalue weighted by atomic mass is 17.2. The summed E-state index contributed by atoms with van der Waals surface area (Å²) in [5.41, 5.74) is 1.20. The minimum absolute atomic E-state index is 0.222.